The van der Waals surface area contributed by atoms with Gasteiger partial charge in [0.05, 0.1) is 18.5 Å². The molecule has 1 aliphatic rings. The Morgan fingerprint density at radius 3 is 1.95 bits per heavy atom. The van der Waals surface area contributed by atoms with Crippen molar-refractivity contribution in [2.75, 3.05) is 16.9 Å². The van der Waals surface area contributed by atoms with E-state index in [9.17, 15) is 9.59 Å². The zero-order valence-corrected chi connectivity index (χ0v) is 22.5. The molecule has 8 heteroatoms. The molecule has 39 heavy (non-hydrogen) atoms. The number of hydrogen-bond acceptors (Lipinski definition) is 5. The minimum Gasteiger partial charge on any atom is -0.493 e. The first-order valence-electron chi connectivity index (χ1n) is 12.1. The molecule has 0 saturated carbocycles. The number of halogens is 1. The van der Waals surface area contributed by atoms with Crippen LogP contribution in [0.3, 0.4) is 0 Å². The lowest BCUT2D eigenvalue weighted by atomic mass is 10.0. The van der Waals surface area contributed by atoms with Crippen molar-refractivity contribution in [2.45, 2.75) is 6.61 Å². The molecule has 1 saturated heterocycles. The van der Waals surface area contributed by atoms with E-state index in [-0.39, 0.29) is 10.7 Å². The number of benzene rings is 4. The number of thiocarbonyl (C=S) groups is 1. The highest BCUT2D eigenvalue weighted by Crippen LogP contribution is 2.33. The van der Waals surface area contributed by atoms with Crippen molar-refractivity contribution in [1.29, 1.82) is 0 Å². The van der Waals surface area contributed by atoms with Gasteiger partial charge >= 0.3 is 0 Å². The van der Waals surface area contributed by atoms with E-state index in [2.05, 4.69) is 0 Å². The second kappa shape index (κ2) is 11.5. The topological polar surface area (TPSA) is 59.1 Å². The van der Waals surface area contributed by atoms with Gasteiger partial charge in [0, 0.05) is 5.02 Å². The number of carbonyl (C=O) groups excluding carboxylic acids is 2. The van der Waals surface area contributed by atoms with E-state index in [4.69, 9.17) is 33.3 Å². The highest BCUT2D eigenvalue weighted by Gasteiger charge is 2.41. The first kappa shape index (κ1) is 26.2. The van der Waals surface area contributed by atoms with Gasteiger partial charge in [-0.05, 0) is 78.0 Å². The van der Waals surface area contributed by atoms with Crippen LogP contribution >= 0.6 is 23.8 Å². The maximum absolute atomic E-state index is 13.7. The van der Waals surface area contributed by atoms with E-state index in [1.165, 1.54) is 16.9 Å². The van der Waals surface area contributed by atoms with Gasteiger partial charge in [0.2, 0.25) is 0 Å². The minimum absolute atomic E-state index is 0.0362. The van der Waals surface area contributed by atoms with E-state index in [0.29, 0.717) is 40.1 Å². The zero-order valence-electron chi connectivity index (χ0n) is 20.9. The lowest BCUT2D eigenvalue weighted by Crippen LogP contribution is -2.56. The van der Waals surface area contributed by atoms with Gasteiger partial charge in [-0.1, -0.05) is 66.2 Å². The number of amides is 2. The standard InChI is InChI=1S/C31H23ClN2O4S/c1-37-28-19-21(15-16-27(28)38-20-22-9-8-10-23(32)17-22)18-26-29(35)33(24-11-4-2-5-12-24)31(39)34(30(26)36)25-13-6-3-7-14-25/h2-19H,20H2,1H3. The van der Waals surface area contributed by atoms with Gasteiger partial charge in [-0.2, -0.15) is 0 Å². The number of anilines is 2. The SMILES string of the molecule is COc1cc(C=C2C(=O)N(c3ccccc3)C(=S)N(c3ccccc3)C2=O)ccc1OCc1cccc(Cl)c1. The number of nitrogens with zero attached hydrogens (tertiary/aromatic N) is 2. The predicted molar refractivity (Wildman–Crippen MR) is 157 cm³/mol. The van der Waals surface area contributed by atoms with Gasteiger partial charge in [-0.15, -0.1) is 0 Å². The molecule has 194 valence electrons. The first-order chi connectivity index (χ1) is 19.0. The largest absolute Gasteiger partial charge is 0.493 e. The second-order valence-electron chi connectivity index (χ2n) is 8.62. The van der Waals surface area contributed by atoms with Crippen LogP contribution in [0.25, 0.3) is 6.08 Å². The summed E-state index contributed by atoms with van der Waals surface area (Å²) >= 11 is 11.7. The fraction of sp³-hybridized carbons (Fsp3) is 0.0645. The first-order valence-corrected chi connectivity index (χ1v) is 12.8. The molecule has 1 fully saturated rings. The Hall–Kier alpha value is -4.46. The highest BCUT2D eigenvalue weighted by atomic mass is 35.5. The van der Waals surface area contributed by atoms with Crippen molar-refractivity contribution in [3.8, 4) is 11.5 Å². The summed E-state index contributed by atoms with van der Waals surface area (Å²) in [5.74, 6) is -0.0522. The van der Waals surface area contributed by atoms with Crippen LogP contribution in [0, 0.1) is 0 Å². The number of hydrogen-bond donors (Lipinski definition) is 0. The average Bonchev–Trinajstić information content (AvgIpc) is 2.95. The Bertz CT molecular complexity index is 1510. The molecule has 1 aliphatic heterocycles. The summed E-state index contributed by atoms with van der Waals surface area (Å²) in [4.78, 5) is 30.1. The lowest BCUT2D eigenvalue weighted by molar-refractivity contribution is -0.120. The van der Waals surface area contributed by atoms with Crippen molar-refractivity contribution in [1.82, 2.24) is 0 Å². The molecule has 0 spiro atoms. The molecular formula is C31H23ClN2O4S. The van der Waals surface area contributed by atoms with Gasteiger partial charge in [-0.3, -0.25) is 19.4 Å². The van der Waals surface area contributed by atoms with Crippen LogP contribution < -0.4 is 19.3 Å². The third-order valence-electron chi connectivity index (χ3n) is 6.06. The maximum Gasteiger partial charge on any atom is 0.270 e. The second-order valence-corrected chi connectivity index (χ2v) is 9.42. The summed E-state index contributed by atoms with van der Waals surface area (Å²) in [5, 5.41) is 0.710. The summed E-state index contributed by atoms with van der Waals surface area (Å²) < 4.78 is 11.5. The number of carbonyl (C=O) groups is 2. The molecule has 4 aromatic rings. The van der Waals surface area contributed by atoms with Gasteiger partial charge in [-0.25, -0.2) is 0 Å². The van der Waals surface area contributed by atoms with Crippen molar-refractivity contribution < 1.29 is 19.1 Å². The summed E-state index contributed by atoms with van der Waals surface area (Å²) in [6.45, 7) is 0.295. The van der Waals surface area contributed by atoms with Crippen LogP contribution in [-0.4, -0.2) is 24.0 Å². The van der Waals surface area contributed by atoms with E-state index in [1.54, 1.807) is 54.6 Å². The number of methoxy groups -OCH3 is 1. The van der Waals surface area contributed by atoms with Gasteiger partial charge in [0.15, 0.2) is 16.6 Å². The summed E-state index contributed by atoms with van der Waals surface area (Å²) in [6, 6.07) is 30.6. The molecule has 0 atom stereocenters. The van der Waals surface area contributed by atoms with Crippen LogP contribution in [0.1, 0.15) is 11.1 Å². The van der Waals surface area contributed by atoms with Crippen LogP contribution in [0.5, 0.6) is 11.5 Å². The molecule has 0 radical (unpaired) electrons. The van der Waals surface area contributed by atoms with Gasteiger partial charge in [0.25, 0.3) is 11.8 Å². The molecule has 0 bridgehead atoms. The van der Waals surface area contributed by atoms with Crippen LogP contribution in [-0.2, 0) is 16.2 Å². The highest BCUT2D eigenvalue weighted by molar-refractivity contribution is 7.81. The van der Waals surface area contributed by atoms with Crippen molar-refractivity contribution in [3.63, 3.8) is 0 Å². The van der Waals surface area contributed by atoms with Gasteiger partial charge in [0.1, 0.15) is 12.2 Å². The molecule has 6 nitrogen and oxygen atoms in total. The number of para-hydroxylation sites is 2. The average molecular weight is 555 g/mol. The van der Waals surface area contributed by atoms with E-state index >= 15 is 0 Å². The number of ether oxygens (including phenoxy) is 2. The summed E-state index contributed by atoms with van der Waals surface area (Å²) in [5.41, 5.74) is 2.59. The van der Waals surface area contributed by atoms with Crippen LogP contribution in [0.2, 0.25) is 5.02 Å². The smallest absolute Gasteiger partial charge is 0.270 e. The van der Waals surface area contributed by atoms with E-state index < -0.39 is 11.8 Å². The molecule has 2 amide bonds. The lowest BCUT2D eigenvalue weighted by Gasteiger charge is -2.36. The quantitative estimate of drug-likeness (QED) is 0.145. The molecule has 0 aromatic heterocycles. The fourth-order valence-corrected chi connectivity index (χ4v) is 4.78. The molecule has 4 aromatic carbocycles. The maximum atomic E-state index is 13.7. The van der Waals surface area contributed by atoms with Crippen molar-refractivity contribution in [3.05, 3.63) is 125 Å². The summed E-state index contributed by atoms with van der Waals surface area (Å²) in [7, 11) is 1.53. The minimum atomic E-state index is -0.511. The fourth-order valence-electron chi connectivity index (χ4n) is 4.19. The zero-order chi connectivity index (χ0) is 27.4. The Labute approximate surface area is 236 Å². The van der Waals surface area contributed by atoms with Crippen molar-refractivity contribution >= 4 is 58.2 Å². The Balaban J connectivity index is 1.50. The molecule has 1 heterocycles. The molecule has 0 N–H and O–H groups in total. The van der Waals surface area contributed by atoms with E-state index in [0.717, 1.165) is 5.56 Å². The van der Waals surface area contributed by atoms with E-state index in [1.807, 2.05) is 54.6 Å². The summed E-state index contributed by atoms with van der Waals surface area (Å²) in [6.07, 6.45) is 1.54. The third-order valence-corrected chi connectivity index (χ3v) is 6.66. The van der Waals surface area contributed by atoms with Gasteiger partial charge < -0.3 is 9.47 Å². The Morgan fingerprint density at radius 2 is 1.38 bits per heavy atom. The molecule has 0 unspecified atom stereocenters. The monoisotopic (exact) mass is 554 g/mol. The molecule has 0 aliphatic carbocycles. The normalized spacial score (nSPS) is 13.5. The predicted octanol–water partition coefficient (Wildman–Crippen LogP) is 6.68. The van der Waals surface area contributed by atoms with Crippen LogP contribution in [0.15, 0.2) is 109 Å². The molecular weight excluding hydrogens is 532 g/mol. The van der Waals surface area contributed by atoms with Crippen LogP contribution in [0.4, 0.5) is 11.4 Å². The number of rotatable bonds is 7. The Kier molecular flexibility index (Phi) is 7.72. The third kappa shape index (κ3) is 5.55. The van der Waals surface area contributed by atoms with Crippen molar-refractivity contribution in [2.24, 2.45) is 0 Å². The molecule has 5 rings (SSSR count). The Morgan fingerprint density at radius 1 is 0.769 bits per heavy atom.